The lowest BCUT2D eigenvalue weighted by Gasteiger charge is -2.25. The predicted molar refractivity (Wildman–Crippen MR) is 99.1 cm³/mol. The molecule has 3 aromatic heterocycles. The number of aryl methyl sites for hydroxylation is 1. The average molecular weight is 351 g/mol. The molecule has 1 aliphatic heterocycles. The van der Waals surface area contributed by atoms with Crippen LogP contribution in [0.4, 0.5) is 17.5 Å². The highest BCUT2D eigenvalue weighted by Crippen LogP contribution is 2.28. The molecule has 3 aromatic rings. The van der Waals surface area contributed by atoms with Gasteiger partial charge in [-0.3, -0.25) is 4.68 Å². The first-order chi connectivity index (χ1) is 12.8. The minimum Gasteiger partial charge on any atom is -0.367 e. The molecule has 3 N–H and O–H groups in total. The van der Waals surface area contributed by atoms with E-state index in [0.717, 1.165) is 48.6 Å². The van der Waals surface area contributed by atoms with E-state index >= 15 is 0 Å². The molecule has 134 valence electrons. The Morgan fingerprint density at radius 3 is 2.77 bits per heavy atom. The lowest BCUT2D eigenvalue weighted by Crippen LogP contribution is -2.35. The van der Waals surface area contributed by atoms with E-state index in [1.54, 1.807) is 17.1 Å². The normalized spacial score (nSPS) is 15.0. The summed E-state index contributed by atoms with van der Waals surface area (Å²) in [4.78, 5) is 9.16. The van der Waals surface area contributed by atoms with Gasteiger partial charge in [0.15, 0.2) is 0 Å². The molecular formula is C17H21N9. The molecule has 0 atom stereocenters. The third-order valence-electron chi connectivity index (χ3n) is 4.33. The van der Waals surface area contributed by atoms with Gasteiger partial charge in [0.25, 0.3) is 0 Å². The maximum absolute atomic E-state index is 4.71. The molecule has 4 heterocycles. The molecule has 9 heteroatoms. The van der Waals surface area contributed by atoms with Crippen LogP contribution in [0.15, 0.2) is 37.1 Å². The number of nitrogens with zero attached hydrogens (tertiary/aromatic N) is 6. The zero-order chi connectivity index (χ0) is 17.8. The molecule has 0 radical (unpaired) electrons. The molecule has 0 unspecified atom stereocenters. The zero-order valence-electron chi connectivity index (χ0n) is 14.6. The fourth-order valence-electron chi connectivity index (χ4n) is 2.98. The van der Waals surface area contributed by atoms with E-state index < -0.39 is 0 Å². The van der Waals surface area contributed by atoms with Gasteiger partial charge in [-0.25, -0.2) is 4.98 Å². The molecule has 0 saturated carbocycles. The molecule has 0 aliphatic carbocycles. The Bertz CT molecular complexity index is 856. The molecule has 26 heavy (non-hydrogen) atoms. The van der Waals surface area contributed by atoms with Crippen LogP contribution >= 0.6 is 0 Å². The Morgan fingerprint density at radius 1 is 1.15 bits per heavy atom. The van der Waals surface area contributed by atoms with E-state index in [-0.39, 0.29) is 0 Å². The maximum atomic E-state index is 4.71. The summed E-state index contributed by atoms with van der Waals surface area (Å²) in [6.45, 7) is 2.03. The van der Waals surface area contributed by atoms with Crippen molar-refractivity contribution in [2.24, 2.45) is 7.05 Å². The first-order valence-corrected chi connectivity index (χ1v) is 8.65. The van der Waals surface area contributed by atoms with Gasteiger partial charge in [0, 0.05) is 36.6 Å². The highest BCUT2D eigenvalue weighted by Gasteiger charge is 2.17. The minimum atomic E-state index is 0.386. The van der Waals surface area contributed by atoms with Crippen molar-refractivity contribution in [3.05, 3.63) is 37.1 Å². The van der Waals surface area contributed by atoms with E-state index in [0.29, 0.717) is 12.0 Å². The van der Waals surface area contributed by atoms with Crippen molar-refractivity contribution in [3.8, 4) is 11.1 Å². The van der Waals surface area contributed by atoms with E-state index in [4.69, 9.17) is 4.98 Å². The van der Waals surface area contributed by atoms with Gasteiger partial charge in [0.2, 0.25) is 5.95 Å². The van der Waals surface area contributed by atoms with E-state index in [9.17, 15) is 0 Å². The van der Waals surface area contributed by atoms with Crippen molar-refractivity contribution in [1.82, 2.24) is 35.3 Å². The highest BCUT2D eigenvalue weighted by molar-refractivity contribution is 5.75. The van der Waals surface area contributed by atoms with Crippen molar-refractivity contribution in [2.75, 3.05) is 23.7 Å². The van der Waals surface area contributed by atoms with Gasteiger partial charge >= 0.3 is 0 Å². The third kappa shape index (κ3) is 3.77. The smallest absolute Gasteiger partial charge is 0.229 e. The number of hydrogen-bond acceptors (Lipinski definition) is 8. The molecule has 0 aromatic carbocycles. The van der Waals surface area contributed by atoms with Crippen LogP contribution in [0.5, 0.6) is 0 Å². The number of anilines is 3. The van der Waals surface area contributed by atoms with Crippen LogP contribution in [0.3, 0.4) is 0 Å². The fraction of sp³-hybridized carbons (Fsp3) is 0.353. The Hall–Kier alpha value is -3.07. The third-order valence-corrected chi connectivity index (χ3v) is 4.33. The first-order valence-electron chi connectivity index (χ1n) is 8.65. The number of hydrogen-bond donors (Lipinski definition) is 3. The molecule has 1 saturated heterocycles. The maximum Gasteiger partial charge on any atom is 0.229 e. The van der Waals surface area contributed by atoms with Crippen molar-refractivity contribution in [3.63, 3.8) is 0 Å². The predicted octanol–water partition coefficient (Wildman–Crippen LogP) is 1.57. The SMILES string of the molecule is Cn1cc(-c2cnc(Nc3ccnnc3)nc2NC2CCNCC2)cn1. The summed E-state index contributed by atoms with van der Waals surface area (Å²) in [5, 5.41) is 22.0. The van der Waals surface area contributed by atoms with Crippen LogP contribution in [0.1, 0.15) is 12.8 Å². The summed E-state index contributed by atoms with van der Waals surface area (Å²) in [6.07, 6.45) is 11.0. The second-order valence-electron chi connectivity index (χ2n) is 6.28. The van der Waals surface area contributed by atoms with Crippen LogP contribution in [0, 0.1) is 0 Å². The molecular weight excluding hydrogens is 330 g/mol. The summed E-state index contributed by atoms with van der Waals surface area (Å²) in [7, 11) is 1.90. The quantitative estimate of drug-likeness (QED) is 0.636. The fourth-order valence-corrected chi connectivity index (χ4v) is 2.98. The minimum absolute atomic E-state index is 0.386. The van der Waals surface area contributed by atoms with Crippen LogP contribution in [0.25, 0.3) is 11.1 Å². The topological polar surface area (TPSA) is 105 Å². The van der Waals surface area contributed by atoms with Crippen LogP contribution in [-0.2, 0) is 7.05 Å². The summed E-state index contributed by atoms with van der Waals surface area (Å²) in [6, 6.07) is 2.21. The number of rotatable bonds is 5. The van der Waals surface area contributed by atoms with Crippen molar-refractivity contribution in [2.45, 2.75) is 18.9 Å². The number of aromatic nitrogens is 6. The molecule has 4 rings (SSSR count). The lowest BCUT2D eigenvalue weighted by molar-refractivity contribution is 0.478. The van der Waals surface area contributed by atoms with Crippen LogP contribution in [-0.4, -0.2) is 49.1 Å². The van der Waals surface area contributed by atoms with Gasteiger partial charge in [0.05, 0.1) is 24.3 Å². The summed E-state index contributed by atoms with van der Waals surface area (Å²) in [5.74, 6) is 1.33. The summed E-state index contributed by atoms with van der Waals surface area (Å²) in [5.41, 5.74) is 2.72. The van der Waals surface area contributed by atoms with Gasteiger partial charge in [-0.15, -0.1) is 0 Å². The molecule has 0 bridgehead atoms. The van der Waals surface area contributed by atoms with Gasteiger partial charge in [-0.05, 0) is 32.0 Å². The number of piperidine rings is 1. The Morgan fingerprint density at radius 2 is 2.04 bits per heavy atom. The molecule has 0 amide bonds. The van der Waals surface area contributed by atoms with Gasteiger partial charge < -0.3 is 16.0 Å². The second-order valence-corrected chi connectivity index (χ2v) is 6.28. The standard InChI is InChI=1S/C17H21N9/c1-26-11-12(8-22-26)15-10-19-17(24-14-4-7-20-21-9-14)25-16(15)23-13-2-5-18-6-3-13/h4,7-11,13,18H,2-3,5-6H2,1H3,(H2,19,20,23,24,25). The van der Waals surface area contributed by atoms with Crippen molar-refractivity contribution >= 4 is 17.5 Å². The monoisotopic (exact) mass is 351 g/mol. The van der Waals surface area contributed by atoms with Gasteiger partial charge in [0.1, 0.15) is 5.82 Å². The Kier molecular flexibility index (Phi) is 4.69. The van der Waals surface area contributed by atoms with E-state index in [1.165, 1.54) is 0 Å². The average Bonchev–Trinajstić information content (AvgIpc) is 3.10. The van der Waals surface area contributed by atoms with Gasteiger partial charge in [-0.1, -0.05) is 0 Å². The molecule has 0 spiro atoms. The Balaban J connectivity index is 1.64. The van der Waals surface area contributed by atoms with Crippen molar-refractivity contribution in [1.29, 1.82) is 0 Å². The van der Waals surface area contributed by atoms with Gasteiger partial charge in [-0.2, -0.15) is 20.3 Å². The number of nitrogens with one attached hydrogen (secondary N) is 3. The highest BCUT2D eigenvalue weighted by atomic mass is 15.2. The summed E-state index contributed by atoms with van der Waals surface area (Å²) < 4.78 is 1.78. The molecule has 1 aliphatic rings. The first kappa shape index (κ1) is 16.4. The Labute approximate surface area is 151 Å². The summed E-state index contributed by atoms with van der Waals surface area (Å²) >= 11 is 0. The lowest BCUT2D eigenvalue weighted by atomic mass is 10.1. The molecule has 1 fully saturated rings. The van der Waals surface area contributed by atoms with Crippen molar-refractivity contribution < 1.29 is 0 Å². The second kappa shape index (κ2) is 7.44. The van der Waals surface area contributed by atoms with E-state index in [2.05, 4.69) is 36.2 Å². The molecule has 9 nitrogen and oxygen atoms in total. The zero-order valence-corrected chi connectivity index (χ0v) is 14.6. The van der Waals surface area contributed by atoms with E-state index in [1.807, 2.05) is 31.7 Å². The van der Waals surface area contributed by atoms with Crippen LogP contribution < -0.4 is 16.0 Å². The largest absolute Gasteiger partial charge is 0.367 e. The van der Waals surface area contributed by atoms with Crippen LogP contribution in [0.2, 0.25) is 0 Å².